The fraction of sp³-hybridized carbons (Fsp3) is 0.517. The average molecular weight is 554 g/mol. The number of nitrogens with zero attached hydrogens (tertiary/aromatic N) is 3. The van der Waals surface area contributed by atoms with E-state index in [-0.39, 0.29) is 29.8 Å². The maximum absolute atomic E-state index is 13.2. The molecule has 1 aromatic heterocycles. The molecule has 0 bridgehead atoms. The fourth-order valence-corrected chi connectivity index (χ4v) is 6.39. The molecule has 3 aromatic rings. The summed E-state index contributed by atoms with van der Waals surface area (Å²) in [5.41, 5.74) is 0.579. The molecule has 2 aliphatic rings. The van der Waals surface area contributed by atoms with E-state index in [1.54, 1.807) is 0 Å². The lowest BCUT2D eigenvalue weighted by molar-refractivity contribution is -0.122. The highest BCUT2D eigenvalue weighted by Gasteiger charge is 2.26. The van der Waals surface area contributed by atoms with Crippen LogP contribution >= 0.6 is 0 Å². The molecule has 2 saturated carbocycles. The van der Waals surface area contributed by atoms with Gasteiger partial charge >= 0.3 is 0 Å². The first-order valence-corrected chi connectivity index (χ1v) is 14.9. The van der Waals surface area contributed by atoms with Gasteiger partial charge < -0.3 is 10.4 Å². The topological polar surface area (TPSA) is 126 Å². The summed E-state index contributed by atoms with van der Waals surface area (Å²) in [6.45, 7) is 5.76. The summed E-state index contributed by atoms with van der Waals surface area (Å²) in [4.78, 5) is 26.8. The van der Waals surface area contributed by atoms with Crippen LogP contribution in [-0.2, 0) is 22.2 Å². The fourth-order valence-electron chi connectivity index (χ4n) is 5.15. The Bertz CT molecular complexity index is 1320. The van der Waals surface area contributed by atoms with Crippen molar-refractivity contribution in [1.82, 2.24) is 24.8 Å². The molecule has 2 aliphatic carbocycles. The highest BCUT2D eigenvalue weighted by Crippen LogP contribution is 2.31. The third kappa shape index (κ3) is 7.30. The van der Waals surface area contributed by atoms with Gasteiger partial charge in [0, 0.05) is 28.8 Å². The molecule has 0 aliphatic heterocycles. The summed E-state index contributed by atoms with van der Waals surface area (Å²) in [7, 11) is -1.37. The molecule has 10 heteroatoms. The number of carboxylic acid groups (broad SMARTS) is 1. The third-order valence-corrected chi connectivity index (χ3v) is 8.75. The Kier molecular flexibility index (Phi) is 9.50. The summed E-state index contributed by atoms with van der Waals surface area (Å²) in [5.74, 6) is 1.42. The van der Waals surface area contributed by atoms with Gasteiger partial charge in [-0.1, -0.05) is 56.4 Å². The quantitative estimate of drug-likeness (QED) is 0.356. The van der Waals surface area contributed by atoms with Crippen molar-refractivity contribution in [2.45, 2.75) is 95.0 Å². The number of hydrogen-bond donors (Lipinski definition) is 3. The number of fused-ring (bicyclic) bond motifs is 1. The number of carbonyl (C=O) groups is 2. The van der Waals surface area contributed by atoms with Gasteiger partial charge in [-0.15, -0.1) is 5.10 Å². The van der Waals surface area contributed by atoms with Crippen LogP contribution in [0.4, 0.5) is 0 Å². The summed E-state index contributed by atoms with van der Waals surface area (Å²) >= 11 is 0. The number of rotatable bonds is 7. The largest absolute Gasteiger partial charge is 0.483 e. The summed E-state index contributed by atoms with van der Waals surface area (Å²) in [6, 6.07) is 12.1. The van der Waals surface area contributed by atoms with Crippen LogP contribution in [0.3, 0.4) is 0 Å². The van der Waals surface area contributed by atoms with E-state index >= 15 is 0 Å². The van der Waals surface area contributed by atoms with Crippen LogP contribution in [0.15, 0.2) is 41.3 Å². The van der Waals surface area contributed by atoms with E-state index < -0.39 is 11.0 Å². The van der Waals surface area contributed by atoms with Crippen molar-refractivity contribution in [1.29, 1.82) is 0 Å². The number of hydrogen-bond acceptors (Lipinski definition) is 5. The van der Waals surface area contributed by atoms with Crippen molar-refractivity contribution >= 4 is 34.1 Å². The Morgan fingerprint density at radius 2 is 1.72 bits per heavy atom. The Morgan fingerprint density at radius 3 is 2.33 bits per heavy atom. The molecule has 0 spiro atoms. The van der Waals surface area contributed by atoms with E-state index in [0.717, 1.165) is 52.9 Å². The van der Waals surface area contributed by atoms with Gasteiger partial charge in [-0.3, -0.25) is 9.59 Å². The van der Waals surface area contributed by atoms with Crippen LogP contribution in [0.5, 0.6) is 0 Å². The van der Waals surface area contributed by atoms with E-state index in [2.05, 4.69) is 10.0 Å². The zero-order valence-corrected chi connectivity index (χ0v) is 23.8. The molecule has 1 unspecified atom stereocenters. The van der Waals surface area contributed by atoms with Gasteiger partial charge in [-0.2, -0.15) is 0 Å². The highest BCUT2D eigenvalue weighted by molar-refractivity contribution is 7.83. The van der Waals surface area contributed by atoms with Crippen LogP contribution < -0.4 is 10.0 Å². The Balaban J connectivity index is 0.00000112. The maximum atomic E-state index is 13.2. The van der Waals surface area contributed by atoms with Crippen LogP contribution in [0.2, 0.25) is 0 Å². The number of carbonyl (C=O) groups excluding carboxylic acids is 1. The molecule has 9 nitrogen and oxygen atoms in total. The second-order valence-corrected chi connectivity index (χ2v) is 12.6. The zero-order valence-electron chi connectivity index (χ0n) is 23.0. The zero-order chi connectivity index (χ0) is 28.0. The van der Waals surface area contributed by atoms with Crippen molar-refractivity contribution in [3.63, 3.8) is 0 Å². The Morgan fingerprint density at radius 1 is 1.05 bits per heavy atom. The lowest BCUT2D eigenvalue weighted by Crippen LogP contribution is -2.40. The van der Waals surface area contributed by atoms with Crippen LogP contribution in [0.25, 0.3) is 16.5 Å². The lowest BCUT2D eigenvalue weighted by atomic mass is 9.87. The van der Waals surface area contributed by atoms with Gasteiger partial charge in [0.05, 0.1) is 10.6 Å². The summed E-state index contributed by atoms with van der Waals surface area (Å²) in [5, 5.41) is 16.6. The lowest BCUT2D eigenvalue weighted by Gasteiger charge is -2.25. The molecule has 39 heavy (non-hydrogen) atoms. The molecular formula is C29H39N5O4S. The van der Waals surface area contributed by atoms with Crippen molar-refractivity contribution < 1.29 is 18.9 Å². The SMILES string of the molecule is CC(C)(C)NS(=O)c1ccc(-n2nc(C(=O)NC3CCC3)nc2CC2CCCCC2)c2ccccc12.O=CO. The molecule has 5 rings (SSSR count). The van der Waals surface area contributed by atoms with E-state index in [1.807, 2.05) is 61.9 Å². The first kappa shape index (κ1) is 28.9. The molecule has 1 heterocycles. The van der Waals surface area contributed by atoms with E-state index in [0.29, 0.717) is 5.92 Å². The number of aromatic nitrogens is 3. The monoisotopic (exact) mass is 553 g/mol. The van der Waals surface area contributed by atoms with Crippen molar-refractivity contribution in [3.8, 4) is 5.69 Å². The van der Waals surface area contributed by atoms with E-state index in [4.69, 9.17) is 20.0 Å². The first-order chi connectivity index (χ1) is 18.7. The van der Waals surface area contributed by atoms with Crippen LogP contribution in [0.1, 0.15) is 88.6 Å². The van der Waals surface area contributed by atoms with Crippen molar-refractivity contribution in [2.24, 2.45) is 5.92 Å². The number of benzene rings is 2. The van der Waals surface area contributed by atoms with Gasteiger partial charge in [0.1, 0.15) is 16.8 Å². The van der Waals surface area contributed by atoms with Gasteiger partial charge in [0.15, 0.2) is 0 Å². The van der Waals surface area contributed by atoms with Gasteiger partial charge in [0.2, 0.25) is 5.82 Å². The Hall–Kier alpha value is -3.11. The van der Waals surface area contributed by atoms with Crippen molar-refractivity contribution in [2.75, 3.05) is 0 Å². The molecular weight excluding hydrogens is 514 g/mol. The van der Waals surface area contributed by atoms with E-state index in [1.165, 1.54) is 32.1 Å². The van der Waals surface area contributed by atoms with E-state index in [9.17, 15) is 9.00 Å². The summed E-state index contributed by atoms with van der Waals surface area (Å²) < 4.78 is 18.2. The molecule has 3 N–H and O–H groups in total. The maximum Gasteiger partial charge on any atom is 0.291 e. The minimum Gasteiger partial charge on any atom is -0.483 e. The second kappa shape index (κ2) is 12.8. The van der Waals surface area contributed by atoms with Gasteiger partial charge in [-0.05, 0) is 58.1 Å². The molecule has 0 radical (unpaired) electrons. The van der Waals surface area contributed by atoms with Gasteiger partial charge in [0.25, 0.3) is 12.4 Å². The minimum absolute atomic E-state index is 0.195. The molecule has 0 saturated heterocycles. The Labute approximate surface area is 232 Å². The number of amides is 1. The molecule has 2 fully saturated rings. The molecule has 1 amide bonds. The standard InChI is InChI=1S/C28H37N5O2S.CH2O2/c1-28(2,3)32-36(35)24-17-16-23(21-14-7-8-15-22(21)24)33-25(18-19-10-5-4-6-11-19)30-26(31-33)27(34)29-20-12-9-13-20;2-1-3/h7-8,14-17,19-20,32H,4-6,9-13,18H2,1-3H3,(H,29,34);1H,(H,2,3). The second-order valence-electron chi connectivity index (χ2n) is 11.4. The highest BCUT2D eigenvalue weighted by atomic mass is 32.2. The minimum atomic E-state index is -1.37. The van der Waals surface area contributed by atoms with Gasteiger partial charge in [-0.25, -0.2) is 18.6 Å². The summed E-state index contributed by atoms with van der Waals surface area (Å²) in [6.07, 6.45) is 10.2. The normalized spacial score (nSPS) is 17.1. The molecule has 2 aromatic carbocycles. The van der Waals surface area contributed by atoms with Crippen LogP contribution in [-0.4, -0.2) is 48.0 Å². The predicted octanol–water partition coefficient (Wildman–Crippen LogP) is 4.94. The van der Waals surface area contributed by atoms with Crippen LogP contribution in [0, 0.1) is 5.92 Å². The predicted molar refractivity (Wildman–Crippen MR) is 152 cm³/mol. The molecule has 210 valence electrons. The molecule has 1 atom stereocenters. The smallest absolute Gasteiger partial charge is 0.291 e. The first-order valence-electron chi connectivity index (χ1n) is 13.8. The third-order valence-electron chi connectivity index (χ3n) is 7.20. The van der Waals surface area contributed by atoms with Crippen molar-refractivity contribution in [3.05, 3.63) is 48.0 Å². The number of nitrogens with one attached hydrogen (secondary N) is 2. The average Bonchev–Trinajstić information content (AvgIpc) is 3.29.